The molecule has 0 fully saturated rings. The van der Waals surface area contributed by atoms with Gasteiger partial charge in [0, 0.05) is 38.5 Å². The third-order valence-corrected chi connectivity index (χ3v) is 8.15. The molecule has 0 bridgehead atoms. The number of halogens is 1. The van der Waals surface area contributed by atoms with Crippen LogP contribution in [0.5, 0.6) is 0 Å². The number of para-hydroxylation sites is 3. The Morgan fingerprint density at radius 3 is 2.12 bits per heavy atom. The van der Waals surface area contributed by atoms with Crippen LogP contribution < -0.4 is 10.4 Å². The zero-order chi connectivity index (χ0) is 29.7. The summed E-state index contributed by atoms with van der Waals surface area (Å²) < 4.78 is 4.03. The van der Waals surface area contributed by atoms with E-state index in [1.54, 1.807) is 24.3 Å². The molecule has 0 aliphatic carbocycles. The summed E-state index contributed by atoms with van der Waals surface area (Å²) in [6, 6.07) is 30.0. The van der Waals surface area contributed by atoms with Crippen LogP contribution >= 0.6 is 11.6 Å². The third kappa shape index (κ3) is 4.73. The number of fused-ring (bicyclic) bond motifs is 3. The number of pyridine rings is 1. The lowest BCUT2D eigenvalue weighted by Gasteiger charge is -2.19. The monoisotopic (exact) mass is 586 g/mol. The summed E-state index contributed by atoms with van der Waals surface area (Å²) in [7, 11) is 0. The lowest BCUT2D eigenvalue weighted by molar-refractivity contribution is -0.114. The molecule has 2 aromatic heterocycles. The van der Waals surface area contributed by atoms with Crippen LogP contribution in [-0.4, -0.2) is 32.0 Å². The van der Waals surface area contributed by atoms with Crippen LogP contribution in [-0.2, 0) is 17.9 Å². The first-order valence-corrected chi connectivity index (χ1v) is 14.4. The van der Waals surface area contributed by atoms with Crippen molar-refractivity contribution in [3.63, 3.8) is 0 Å². The number of anilines is 1. The molecule has 4 aromatic carbocycles. The van der Waals surface area contributed by atoms with Crippen molar-refractivity contribution >= 4 is 67.7 Å². The molecule has 1 amide bonds. The highest BCUT2D eigenvalue weighted by Gasteiger charge is 2.29. The molecule has 1 aliphatic heterocycles. The van der Waals surface area contributed by atoms with E-state index >= 15 is 0 Å². The highest BCUT2D eigenvalue weighted by molar-refractivity contribution is 6.33. The largest absolute Gasteiger partial charge is 0.389 e. The van der Waals surface area contributed by atoms with Gasteiger partial charge in [0.05, 0.1) is 47.2 Å². The second kappa shape index (κ2) is 10.7. The van der Waals surface area contributed by atoms with Crippen molar-refractivity contribution in [3.8, 4) is 0 Å². The fraction of sp³-hybridized carbons (Fsp3) is 0.114. The standard InChI is InChI=1S/C35H27ClN4O3/c1-22-30(35(43)40(37-22)25-10-8-9-24(36)18-25)17-23-19-38(31-14-5-2-11-27(23)31)20-26(41)21-39-32-15-6-3-12-28(32)34(42)29-13-4-7-16-33(29)39/h2-19,26,41H,20-21H2,1H3/b30-17-/t26-/m0/s1. The normalized spacial score (nSPS) is 15.2. The van der Waals surface area contributed by atoms with E-state index in [9.17, 15) is 14.7 Å². The van der Waals surface area contributed by atoms with E-state index < -0.39 is 6.10 Å². The van der Waals surface area contributed by atoms with Gasteiger partial charge in [0.15, 0.2) is 5.43 Å². The quantitative estimate of drug-likeness (QED) is 0.176. The van der Waals surface area contributed by atoms with Crippen molar-refractivity contribution in [2.45, 2.75) is 26.1 Å². The Morgan fingerprint density at radius 1 is 0.814 bits per heavy atom. The molecule has 3 heterocycles. The van der Waals surface area contributed by atoms with E-state index in [-0.39, 0.29) is 11.3 Å². The Morgan fingerprint density at radius 2 is 1.44 bits per heavy atom. The number of rotatable bonds is 6. The highest BCUT2D eigenvalue weighted by atomic mass is 35.5. The molecule has 8 heteroatoms. The van der Waals surface area contributed by atoms with Gasteiger partial charge < -0.3 is 14.2 Å². The fourth-order valence-corrected chi connectivity index (χ4v) is 6.12. The minimum Gasteiger partial charge on any atom is -0.389 e. The number of carbonyl (C=O) groups is 1. The Labute approximate surface area is 252 Å². The van der Waals surface area contributed by atoms with Crippen LogP contribution in [0.1, 0.15) is 12.5 Å². The number of aromatic nitrogens is 2. The number of aliphatic hydroxyl groups is 1. The molecule has 1 atom stereocenters. The van der Waals surface area contributed by atoms with Crippen molar-refractivity contribution in [1.29, 1.82) is 0 Å². The van der Waals surface area contributed by atoms with Crippen LogP contribution in [0.2, 0.25) is 5.02 Å². The molecular formula is C35H27ClN4O3. The molecule has 0 saturated carbocycles. The van der Waals surface area contributed by atoms with E-state index in [4.69, 9.17) is 11.6 Å². The maximum Gasteiger partial charge on any atom is 0.280 e. The molecule has 43 heavy (non-hydrogen) atoms. The van der Waals surface area contributed by atoms with Crippen molar-refractivity contribution in [1.82, 2.24) is 9.13 Å². The molecule has 6 aromatic rings. The summed E-state index contributed by atoms with van der Waals surface area (Å²) in [4.78, 5) is 26.6. The topological polar surface area (TPSA) is 79.8 Å². The maximum atomic E-state index is 13.4. The van der Waals surface area contributed by atoms with Crippen LogP contribution in [0.25, 0.3) is 38.8 Å². The number of hydrogen-bond acceptors (Lipinski definition) is 4. The smallest absolute Gasteiger partial charge is 0.280 e. The SMILES string of the molecule is CC1=NN(c2cccc(Cl)c2)C(=O)/C1=C\c1cn(C[C@H](O)Cn2c3ccccc3c(=O)c3ccccc32)c2ccccc12. The predicted octanol–water partition coefficient (Wildman–Crippen LogP) is 6.63. The van der Waals surface area contributed by atoms with Gasteiger partial charge in [-0.25, -0.2) is 0 Å². The molecule has 1 N–H and O–H groups in total. The van der Waals surface area contributed by atoms with Gasteiger partial charge in [0.25, 0.3) is 5.91 Å². The Balaban J connectivity index is 1.23. The van der Waals surface area contributed by atoms with Gasteiger partial charge in [-0.1, -0.05) is 60.1 Å². The third-order valence-electron chi connectivity index (χ3n) is 7.91. The van der Waals surface area contributed by atoms with Crippen LogP contribution in [0.4, 0.5) is 5.69 Å². The van der Waals surface area contributed by atoms with E-state index in [0.29, 0.717) is 45.9 Å². The van der Waals surface area contributed by atoms with Gasteiger partial charge in [0.1, 0.15) is 0 Å². The van der Waals surface area contributed by atoms with Crippen molar-refractivity contribution in [2.75, 3.05) is 5.01 Å². The molecule has 7 rings (SSSR count). The zero-order valence-corrected chi connectivity index (χ0v) is 24.1. The van der Waals surface area contributed by atoms with E-state index in [2.05, 4.69) is 5.10 Å². The van der Waals surface area contributed by atoms with Crippen LogP contribution in [0, 0.1) is 0 Å². The molecule has 0 radical (unpaired) electrons. The van der Waals surface area contributed by atoms with Gasteiger partial charge >= 0.3 is 0 Å². The molecular weight excluding hydrogens is 560 g/mol. The summed E-state index contributed by atoms with van der Waals surface area (Å²) in [5.41, 5.74) is 5.06. The molecule has 212 valence electrons. The van der Waals surface area contributed by atoms with Crippen molar-refractivity contribution in [2.24, 2.45) is 5.10 Å². The summed E-state index contributed by atoms with van der Waals surface area (Å²) in [5.74, 6) is -0.228. The summed E-state index contributed by atoms with van der Waals surface area (Å²) in [5, 5.41) is 20.0. The maximum absolute atomic E-state index is 13.4. The summed E-state index contributed by atoms with van der Waals surface area (Å²) in [6.07, 6.45) is 3.06. The molecule has 1 aliphatic rings. The lowest BCUT2D eigenvalue weighted by Crippen LogP contribution is -2.23. The molecule has 7 nitrogen and oxygen atoms in total. The summed E-state index contributed by atoms with van der Waals surface area (Å²) in [6.45, 7) is 2.42. The number of amides is 1. The predicted molar refractivity (Wildman–Crippen MR) is 174 cm³/mol. The van der Waals surface area contributed by atoms with E-state index in [1.807, 2.05) is 101 Å². The number of benzene rings is 4. The first kappa shape index (κ1) is 26.9. The van der Waals surface area contributed by atoms with E-state index in [1.165, 1.54) is 5.01 Å². The first-order valence-electron chi connectivity index (χ1n) is 14.0. The minimum atomic E-state index is -0.764. The van der Waals surface area contributed by atoms with Crippen molar-refractivity contribution < 1.29 is 9.90 Å². The average molecular weight is 587 g/mol. The molecule has 0 spiro atoms. The van der Waals surface area contributed by atoms with Gasteiger partial charge in [-0.15, -0.1) is 0 Å². The summed E-state index contributed by atoms with van der Waals surface area (Å²) >= 11 is 6.16. The van der Waals surface area contributed by atoms with Gasteiger partial charge in [-0.3, -0.25) is 9.59 Å². The minimum absolute atomic E-state index is 0.0137. The average Bonchev–Trinajstić information content (AvgIpc) is 3.51. The highest BCUT2D eigenvalue weighted by Crippen LogP contribution is 2.30. The second-order valence-electron chi connectivity index (χ2n) is 10.7. The fourth-order valence-electron chi connectivity index (χ4n) is 5.93. The number of aliphatic hydroxyl groups excluding tert-OH is 1. The lowest BCUT2D eigenvalue weighted by atomic mass is 10.1. The Kier molecular flexibility index (Phi) is 6.69. The number of hydrazone groups is 1. The molecule has 0 unspecified atom stereocenters. The number of carbonyl (C=O) groups excluding carboxylic acids is 1. The van der Waals surface area contributed by atoms with E-state index in [0.717, 1.165) is 27.5 Å². The van der Waals surface area contributed by atoms with Crippen LogP contribution in [0.3, 0.4) is 0 Å². The Hall–Kier alpha value is -4.98. The van der Waals surface area contributed by atoms with Crippen molar-refractivity contribution in [3.05, 3.63) is 130 Å². The second-order valence-corrected chi connectivity index (χ2v) is 11.2. The van der Waals surface area contributed by atoms with Gasteiger partial charge in [-0.05, 0) is 61.5 Å². The molecule has 0 saturated heterocycles. The zero-order valence-electron chi connectivity index (χ0n) is 23.3. The first-order chi connectivity index (χ1) is 20.9. The number of hydrogen-bond donors (Lipinski definition) is 1. The Bertz CT molecular complexity index is 2130. The van der Waals surface area contributed by atoms with Gasteiger partial charge in [0.2, 0.25) is 0 Å². The van der Waals surface area contributed by atoms with Gasteiger partial charge in [-0.2, -0.15) is 10.1 Å². The van der Waals surface area contributed by atoms with Crippen LogP contribution in [0.15, 0.2) is 119 Å². The number of nitrogens with zero attached hydrogens (tertiary/aromatic N) is 4.